The van der Waals surface area contributed by atoms with Gasteiger partial charge in [-0.05, 0) is 6.42 Å². The molecule has 6 nitrogen and oxygen atoms in total. The highest BCUT2D eigenvalue weighted by molar-refractivity contribution is 5.76. The summed E-state index contributed by atoms with van der Waals surface area (Å²) in [6.07, 6.45) is 1.76. The molecule has 0 aliphatic carbocycles. The Morgan fingerprint density at radius 2 is 2.42 bits per heavy atom. The zero-order chi connectivity index (χ0) is 13.5. The van der Waals surface area contributed by atoms with Crippen LogP contribution in [0.3, 0.4) is 0 Å². The molecule has 0 spiro atoms. The van der Waals surface area contributed by atoms with Crippen LogP contribution in [0.2, 0.25) is 0 Å². The Morgan fingerprint density at radius 3 is 3.26 bits per heavy atom. The van der Waals surface area contributed by atoms with Gasteiger partial charge in [0.05, 0.1) is 12.7 Å². The van der Waals surface area contributed by atoms with Crippen molar-refractivity contribution in [2.75, 3.05) is 53.0 Å². The molecular weight excluding hydrogens is 246 g/mol. The molecule has 0 radical (unpaired) electrons. The Kier molecular flexibility index (Phi) is 6.03. The summed E-state index contributed by atoms with van der Waals surface area (Å²) in [5, 5.41) is 6.44. The molecule has 19 heavy (non-hydrogen) atoms. The lowest BCUT2D eigenvalue weighted by Crippen LogP contribution is -2.49. The molecule has 1 amide bonds. The van der Waals surface area contributed by atoms with E-state index in [1.165, 1.54) is 0 Å². The Labute approximate surface area is 114 Å². The van der Waals surface area contributed by atoms with Gasteiger partial charge < -0.3 is 20.1 Å². The van der Waals surface area contributed by atoms with Crippen LogP contribution in [0.1, 0.15) is 12.8 Å². The van der Waals surface area contributed by atoms with Crippen LogP contribution in [0.15, 0.2) is 0 Å². The third-order valence-corrected chi connectivity index (χ3v) is 3.85. The van der Waals surface area contributed by atoms with Gasteiger partial charge in [-0.15, -0.1) is 0 Å². The predicted molar refractivity (Wildman–Crippen MR) is 72.1 cm³/mol. The lowest BCUT2D eigenvalue weighted by molar-refractivity contribution is -0.120. The minimum absolute atomic E-state index is 0.154. The molecule has 0 aromatic carbocycles. The molecule has 2 saturated heterocycles. The first kappa shape index (κ1) is 14.7. The smallest absolute Gasteiger partial charge is 0.221 e. The van der Waals surface area contributed by atoms with Crippen molar-refractivity contribution in [3.63, 3.8) is 0 Å². The normalized spacial score (nSPS) is 29.8. The number of carbonyl (C=O) groups excluding carboxylic acids is 1. The van der Waals surface area contributed by atoms with Gasteiger partial charge in [-0.3, -0.25) is 9.69 Å². The monoisotopic (exact) mass is 271 g/mol. The van der Waals surface area contributed by atoms with Gasteiger partial charge in [0, 0.05) is 58.9 Å². The quantitative estimate of drug-likeness (QED) is 0.685. The number of methoxy groups -OCH3 is 1. The summed E-state index contributed by atoms with van der Waals surface area (Å²) >= 11 is 0. The first-order chi connectivity index (χ1) is 9.29. The fourth-order valence-corrected chi connectivity index (χ4v) is 2.62. The van der Waals surface area contributed by atoms with Crippen LogP contribution >= 0.6 is 0 Å². The predicted octanol–water partition coefficient (Wildman–Crippen LogP) is -0.798. The lowest BCUT2D eigenvalue weighted by atomic mass is 10.1. The number of rotatable bonds is 5. The second-order valence-electron chi connectivity index (χ2n) is 5.14. The highest BCUT2D eigenvalue weighted by atomic mass is 16.5. The molecule has 0 aromatic rings. The van der Waals surface area contributed by atoms with Crippen LogP contribution in [0.4, 0.5) is 0 Å². The number of carbonyl (C=O) groups is 1. The van der Waals surface area contributed by atoms with Crippen LogP contribution in [-0.2, 0) is 14.3 Å². The first-order valence-electron chi connectivity index (χ1n) is 7.12. The van der Waals surface area contributed by atoms with Crippen molar-refractivity contribution in [1.82, 2.24) is 15.5 Å². The van der Waals surface area contributed by atoms with Crippen LogP contribution in [0.25, 0.3) is 0 Å². The fraction of sp³-hybridized carbons (Fsp3) is 0.923. The number of nitrogens with one attached hydrogen (secondary N) is 2. The molecule has 2 fully saturated rings. The van der Waals surface area contributed by atoms with Gasteiger partial charge in [0.1, 0.15) is 0 Å². The molecule has 2 aliphatic heterocycles. The third kappa shape index (κ3) is 4.72. The van der Waals surface area contributed by atoms with E-state index in [0.717, 1.165) is 45.8 Å². The summed E-state index contributed by atoms with van der Waals surface area (Å²) in [6.45, 7) is 5.94. The van der Waals surface area contributed by atoms with Gasteiger partial charge in [0.25, 0.3) is 0 Å². The van der Waals surface area contributed by atoms with Gasteiger partial charge in [-0.2, -0.15) is 0 Å². The van der Waals surface area contributed by atoms with E-state index in [4.69, 9.17) is 9.47 Å². The molecule has 110 valence electrons. The summed E-state index contributed by atoms with van der Waals surface area (Å²) in [5.74, 6) is 0.166. The van der Waals surface area contributed by atoms with E-state index >= 15 is 0 Å². The van der Waals surface area contributed by atoms with Crippen molar-refractivity contribution < 1.29 is 14.3 Å². The van der Waals surface area contributed by atoms with Crippen molar-refractivity contribution in [3.05, 3.63) is 0 Å². The van der Waals surface area contributed by atoms with Crippen molar-refractivity contribution in [2.45, 2.75) is 25.0 Å². The Morgan fingerprint density at radius 1 is 1.53 bits per heavy atom. The van der Waals surface area contributed by atoms with Crippen molar-refractivity contribution in [2.24, 2.45) is 0 Å². The Hall–Kier alpha value is -0.690. The van der Waals surface area contributed by atoms with Crippen molar-refractivity contribution >= 4 is 5.91 Å². The molecule has 2 atom stereocenters. The van der Waals surface area contributed by atoms with Gasteiger partial charge in [-0.1, -0.05) is 0 Å². The van der Waals surface area contributed by atoms with Crippen LogP contribution in [0, 0.1) is 0 Å². The van der Waals surface area contributed by atoms with Gasteiger partial charge in [-0.25, -0.2) is 0 Å². The number of hydrogen-bond acceptors (Lipinski definition) is 5. The number of hydrogen-bond donors (Lipinski definition) is 2. The summed E-state index contributed by atoms with van der Waals surface area (Å²) in [4.78, 5) is 13.6. The minimum atomic E-state index is 0.154. The third-order valence-electron chi connectivity index (χ3n) is 3.85. The molecule has 6 heteroatoms. The molecule has 2 aliphatic rings. The van der Waals surface area contributed by atoms with E-state index in [0.29, 0.717) is 19.1 Å². The van der Waals surface area contributed by atoms with E-state index in [2.05, 4.69) is 15.5 Å². The fourth-order valence-electron chi connectivity index (χ4n) is 2.62. The maximum Gasteiger partial charge on any atom is 0.221 e. The van der Waals surface area contributed by atoms with E-state index in [1.807, 2.05) is 0 Å². The average Bonchev–Trinajstić information content (AvgIpc) is 2.64. The van der Waals surface area contributed by atoms with Crippen LogP contribution < -0.4 is 10.6 Å². The zero-order valence-corrected chi connectivity index (χ0v) is 11.7. The molecule has 2 N–H and O–H groups in total. The molecular formula is C13H25N3O3. The SMILES string of the molecule is COC1COCCC1NCCN1CCNC(=O)CC1. The molecule has 0 aromatic heterocycles. The highest BCUT2D eigenvalue weighted by Gasteiger charge is 2.25. The molecule has 0 saturated carbocycles. The first-order valence-corrected chi connectivity index (χ1v) is 7.12. The topological polar surface area (TPSA) is 62.8 Å². The Balaban J connectivity index is 1.66. The van der Waals surface area contributed by atoms with E-state index < -0.39 is 0 Å². The molecule has 0 bridgehead atoms. The number of nitrogens with zero attached hydrogens (tertiary/aromatic N) is 1. The number of amides is 1. The maximum absolute atomic E-state index is 11.2. The van der Waals surface area contributed by atoms with Crippen LogP contribution in [-0.4, -0.2) is 76.0 Å². The number of ether oxygens (including phenoxy) is 2. The van der Waals surface area contributed by atoms with E-state index in [-0.39, 0.29) is 12.0 Å². The van der Waals surface area contributed by atoms with Gasteiger partial charge in [0.2, 0.25) is 5.91 Å². The Bertz CT molecular complexity index is 288. The second-order valence-corrected chi connectivity index (χ2v) is 5.14. The lowest BCUT2D eigenvalue weighted by Gasteiger charge is -2.32. The van der Waals surface area contributed by atoms with Crippen molar-refractivity contribution in [3.8, 4) is 0 Å². The standard InChI is InChI=1S/C13H25N3O3/c1-18-12-10-19-9-3-11(12)14-4-7-16-6-2-13(17)15-5-8-16/h11-12,14H,2-10H2,1H3,(H,15,17). The van der Waals surface area contributed by atoms with Crippen LogP contribution in [0.5, 0.6) is 0 Å². The molecule has 2 unspecified atom stereocenters. The van der Waals surface area contributed by atoms with E-state index in [9.17, 15) is 4.79 Å². The van der Waals surface area contributed by atoms with Gasteiger partial charge in [0.15, 0.2) is 0 Å². The van der Waals surface area contributed by atoms with E-state index in [1.54, 1.807) is 7.11 Å². The molecule has 2 heterocycles. The summed E-state index contributed by atoms with van der Waals surface area (Å²) < 4.78 is 10.8. The van der Waals surface area contributed by atoms with Crippen molar-refractivity contribution in [1.29, 1.82) is 0 Å². The van der Waals surface area contributed by atoms with Gasteiger partial charge >= 0.3 is 0 Å². The summed E-state index contributed by atoms with van der Waals surface area (Å²) in [5.41, 5.74) is 0. The zero-order valence-electron chi connectivity index (χ0n) is 11.7. The second kappa shape index (κ2) is 7.79. The summed E-state index contributed by atoms with van der Waals surface area (Å²) in [6, 6.07) is 0.380. The maximum atomic E-state index is 11.2. The summed E-state index contributed by atoms with van der Waals surface area (Å²) in [7, 11) is 1.74. The highest BCUT2D eigenvalue weighted by Crippen LogP contribution is 2.10. The largest absolute Gasteiger partial charge is 0.379 e. The minimum Gasteiger partial charge on any atom is -0.379 e. The average molecular weight is 271 g/mol. The molecule has 2 rings (SSSR count).